The molecule has 0 saturated carbocycles. The number of thioether (sulfide) groups is 1. The van der Waals surface area contributed by atoms with Crippen molar-refractivity contribution in [2.75, 3.05) is 12.4 Å². The number of aliphatic carboxylic acids is 1. The lowest BCUT2D eigenvalue weighted by molar-refractivity contribution is -0.139. The summed E-state index contributed by atoms with van der Waals surface area (Å²) in [5.41, 5.74) is 0. The third-order valence-corrected chi connectivity index (χ3v) is 2.62. The number of hydrogen-bond acceptors (Lipinski definition) is 4. The van der Waals surface area contributed by atoms with E-state index in [1.165, 1.54) is 0 Å². The van der Waals surface area contributed by atoms with Gasteiger partial charge in [0.2, 0.25) is 5.91 Å². The molecular weight excluding hydrogens is 206 g/mol. The number of nitrogens with one attached hydrogen (secondary N) is 1. The number of unbranched alkanes of at least 4 members (excludes halogenated alkanes) is 1. The third-order valence-electron chi connectivity index (χ3n) is 1.44. The van der Waals surface area contributed by atoms with Crippen molar-refractivity contribution in [1.82, 2.24) is 5.32 Å². The minimum Gasteiger partial charge on any atom is -0.479 e. The normalized spacial score (nSPS) is 12.1. The van der Waals surface area contributed by atoms with Crippen LogP contribution in [0.25, 0.3) is 0 Å². The zero-order chi connectivity index (χ0) is 11.0. The van der Waals surface area contributed by atoms with Crippen molar-refractivity contribution in [1.29, 1.82) is 0 Å². The summed E-state index contributed by atoms with van der Waals surface area (Å²) in [6.07, 6.45) is 1.89. The average molecular weight is 221 g/mol. The molecule has 5 nitrogen and oxygen atoms in total. The Balaban J connectivity index is 3.90. The van der Waals surface area contributed by atoms with Crippen molar-refractivity contribution in [3.63, 3.8) is 0 Å². The molecule has 0 spiro atoms. The molecule has 0 radical (unpaired) electrons. The number of rotatable bonds is 7. The fourth-order valence-corrected chi connectivity index (χ4v) is 1.76. The fourth-order valence-electron chi connectivity index (χ4n) is 0.712. The maximum Gasteiger partial charge on any atom is 0.336 e. The molecule has 0 aliphatic rings. The van der Waals surface area contributed by atoms with Gasteiger partial charge in [0.1, 0.15) is 6.61 Å². The van der Waals surface area contributed by atoms with Gasteiger partial charge in [0.15, 0.2) is 5.37 Å². The topological polar surface area (TPSA) is 86.6 Å². The molecule has 0 bridgehead atoms. The standard InChI is InChI=1S/C8H15NO4S/c1-2-3-4-14-7(8(12)13)9-6(11)5-10/h7,10H,2-5H2,1H3,(H,9,11)(H,12,13). The molecule has 1 atom stereocenters. The van der Waals surface area contributed by atoms with Gasteiger partial charge in [0.05, 0.1) is 0 Å². The summed E-state index contributed by atoms with van der Waals surface area (Å²) >= 11 is 1.16. The van der Waals surface area contributed by atoms with E-state index in [9.17, 15) is 9.59 Å². The number of hydrogen-bond donors (Lipinski definition) is 3. The predicted octanol–water partition coefficient (Wildman–Crippen LogP) is 0.0389. The minimum atomic E-state index is -1.09. The van der Waals surface area contributed by atoms with Gasteiger partial charge < -0.3 is 15.5 Å². The molecule has 3 N–H and O–H groups in total. The van der Waals surface area contributed by atoms with Crippen molar-refractivity contribution in [2.45, 2.75) is 25.1 Å². The van der Waals surface area contributed by atoms with E-state index in [4.69, 9.17) is 10.2 Å². The van der Waals surface area contributed by atoms with Crippen LogP contribution < -0.4 is 5.32 Å². The molecule has 0 aliphatic carbocycles. The van der Waals surface area contributed by atoms with Crippen LogP contribution >= 0.6 is 11.8 Å². The molecule has 1 amide bonds. The molecular formula is C8H15NO4S. The number of carbonyl (C=O) groups is 2. The summed E-state index contributed by atoms with van der Waals surface area (Å²) in [6, 6.07) is 0. The second kappa shape index (κ2) is 7.64. The van der Waals surface area contributed by atoms with Crippen molar-refractivity contribution in [2.24, 2.45) is 0 Å². The van der Waals surface area contributed by atoms with Gasteiger partial charge in [0.25, 0.3) is 0 Å². The zero-order valence-electron chi connectivity index (χ0n) is 8.02. The maximum absolute atomic E-state index is 10.7. The van der Waals surface area contributed by atoms with E-state index in [0.29, 0.717) is 5.75 Å². The molecule has 0 fully saturated rings. The molecule has 82 valence electrons. The second-order valence-electron chi connectivity index (χ2n) is 2.67. The highest BCUT2D eigenvalue weighted by molar-refractivity contribution is 8.00. The van der Waals surface area contributed by atoms with Gasteiger partial charge in [-0.25, -0.2) is 4.79 Å². The Morgan fingerprint density at radius 1 is 1.50 bits per heavy atom. The Bertz CT molecular complexity index is 198. The molecule has 0 aromatic carbocycles. The molecule has 0 aliphatic heterocycles. The van der Waals surface area contributed by atoms with Gasteiger partial charge in [-0.15, -0.1) is 11.8 Å². The largest absolute Gasteiger partial charge is 0.479 e. The number of aliphatic hydroxyl groups is 1. The highest BCUT2D eigenvalue weighted by Crippen LogP contribution is 2.10. The first-order chi connectivity index (χ1) is 6.61. The molecule has 0 heterocycles. The summed E-state index contributed by atoms with van der Waals surface area (Å²) < 4.78 is 0. The van der Waals surface area contributed by atoms with Gasteiger partial charge in [-0.05, 0) is 12.2 Å². The lowest BCUT2D eigenvalue weighted by Crippen LogP contribution is -2.40. The Morgan fingerprint density at radius 2 is 2.14 bits per heavy atom. The van der Waals surface area contributed by atoms with Gasteiger partial charge in [-0.2, -0.15) is 0 Å². The van der Waals surface area contributed by atoms with E-state index in [0.717, 1.165) is 24.6 Å². The fraction of sp³-hybridized carbons (Fsp3) is 0.750. The lowest BCUT2D eigenvalue weighted by Gasteiger charge is -2.12. The van der Waals surface area contributed by atoms with Crippen LogP contribution in [0.15, 0.2) is 0 Å². The van der Waals surface area contributed by atoms with Gasteiger partial charge >= 0.3 is 5.97 Å². The third kappa shape index (κ3) is 5.82. The molecule has 0 aromatic rings. The van der Waals surface area contributed by atoms with Gasteiger partial charge in [0, 0.05) is 0 Å². The van der Waals surface area contributed by atoms with Crippen LogP contribution in [0.2, 0.25) is 0 Å². The number of carbonyl (C=O) groups excluding carboxylic acids is 1. The summed E-state index contributed by atoms with van der Waals surface area (Å²) in [4.78, 5) is 21.3. The first-order valence-corrected chi connectivity index (χ1v) is 5.41. The summed E-state index contributed by atoms with van der Waals surface area (Å²) in [6.45, 7) is 1.32. The molecule has 0 saturated heterocycles. The van der Waals surface area contributed by atoms with Crippen molar-refractivity contribution < 1.29 is 19.8 Å². The molecule has 0 rings (SSSR count). The van der Waals surface area contributed by atoms with E-state index in [2.05, 4.69) is 5.32 Å². The van der Waals surface area contributed by atoms with Crippen molar-refractivity contribution in [3.8, 4) is 0 Å². The number of carboxylic acid groups (broad SMARTS) is 1. The van der Waals surface area contributed by atoms with Crippen LogP contribution in [0.4, 0.5) is 0 Å². The van der Waals surface area contributed by atoms with Crippen LogP contribution in [-0.4, -0.2) is 39.8 Å². The summed E-state index contributed by atoms with van der Waals surface area (Å²) in [5, 5.41) is 18.4. The zero-order valence-corrected chi connectivity index (χ0v) is 8.84. The van der Waals surface area contributed by atoms with E-state index >= 15 is 0 Å². The Morgan fingerprint density at radius 3 is 2.57 bits per heavy atom. The molecule has 0 aromatic heterocycles. The predicted molar refractivity (Wildman–Crippen MR) is 54.0 cm³/mol. The quantitative estimate of drug-likeness (QED) is 0.417. The van der Waals surface area contributed by atoms with Crippen LogP contribution in [0, 0.1) is 0 Å². The van der Waals surface area contributed by atoms with Crippen LogP contribution in [0.5, 0.6) is 0 Å². The Labute approximate surface area is 86.9 Å². The number of amides is 1. The smallest absolute Gasteiger partial charge is 0.336 e. The van der Waals surface area contributed by atoms with Crippen molar-refractivity contribution >= 4 is 23.6 Å². The first kappa shape index (κ1) is 13.2. The lowest BCUT2D eigenvalue weighted by atomic mass is 10.4. The number of aliphatic hydroxyl groups excluding tert-OH is 1. The monoisotopic (exact) mass is 221 g/mol. The van der Waals surface area contributed by atoms with Gasteiger partial charge in [-0.1, -0.05) is 13.3 Å². The highest BCUT2D eigenvalue weighted by Gasteiger charge is 2.19. The average Bonchev–Trinajstić information content (AvgIpc) is 2.16. The Hall–Kier alpha value is -0.750. The minimum absolute atomic E-state index is 0.665. The summed E-state index contributed by atoms with van der Waals surface area (Å²) in [5.74, 6) is -1.08. The second-order valence-corrected chi connectivity index (χ2v) is 3.88. The molecule has 6 heteroatoms. The van der Waals surface area contributed by atoms with Crippen LogP contribution in [0.3, 0.4) is 0 Å². The van der Waals surface area contributed by atoms with E-state index in [1.807, 2.05) is 6.92 Å². The first-order valence-electron chi connectivity index (χ1n) is 4.36. The van der Waals surface area contributed by atoms with E-state index in [1.54, 1.807) is 0 Å². The Kier molecular flexibility index (Phi) is 7.23. The van der Waals surface area contributed by atoms with Crippen molar-refractivity contribution in [3.05, 3.63) is 0 Å². The summed E-state index contributed by atoms with van der Waals surface area (Å²) in [7, 11) is 0. The SMILES string of the molecule is CCCCSC(NC(=O)CO)C(=O)O. The van der Waals surface area contributed by atoms with Crippen LogP contribution in [0.1, 0.15) is 19.8 Å². The van der Waals surface area contributed by atoms with E-state index < -0.39 is 23.9 Å². The van der Waals surface area contributed by atoms with Crippen LogP contribution in [-0.2, 0) is 9.59 Å². The van der Waals surface area contributed by atoms with Gasteiger partial charge in [-0.3, -0.25) is 4.79 Å². The van der Waals surface area contributed by atoms with E-state index in [-0.39, 0.29) is 0 Å². The highest BCUT2D eigenvalue weighted by atomic mass is 32.2. The molecule has 1 unspecified atom stereocenters. The number of carboxylic acids is 1. The maximum atomic E-state index is 10.7. The molecule has 14 heavy (non-hydrogen) atoms.